The topological polar surface area (TPSA) is 42.4 Å². The van der Waals surface area contributed by atoms with Gasteiger partial charge in [-0.15, -0.1) is 0 Å². The summed E-state index contributed by atoms with van der Waals surface area (Å²) in [5.41, 5.74) is 1.51. The molecule has 0 unspecified atom stereocenters. The number of pyridine rings is 1. The SMILES string of the molecule is O[C@H]1c2ccccc2Oc2ncccc21. The highest BCUT2D eigenvalue weighted by Crippen LogP contribution is 2.40. The molecule has 0 amide bonds. The van der Waals surface area contributed by atoms with Crippen LogP contribution in [0.2, 0.25) is 0 Å². The van der Waals surface area contributed by atoms with Crippen molar-refractivity contribution in [3.05, 3.63) is 53.7 Å². The Hall–Kier alpha value is -1.87. The Morgan fingerprint density at radius 3 is 2.80 bits per heavy atom. The van der Waals surface area contributed by atoms with E-state index in [2.05, 4.69) is 4.98 Å². The molecule has 3 nitrogen and oxygen atoms in total. The van der Waals surface area contributed by atoms with Crippen LogP contribution in [0.5, 0.6) is 11.6 Å². The number of benzene rings is 1. The molecule has 0 fully saturated rings. The smallest absolute Gasteiger partial charge is 0.225 e. The fraction of sp³-hybridized carbons (Fsp3) is 0.0833. The van der Waals surface area contributed by atoms with Gasteiger partial charge < -0.3 is 9.84 Å². The Balaban J connectivity index is 2.20. The number of fused-ring (bicyclic) bond motifs is 2. The monoisotopic (exact) mass is 199 g/mol. The molecule has 1 aromatic heterocycles. The van der Waals surface area contributed by atoms with E-state index in [-0.39, 0.29) is 0 Å². The van der Waals surface area contributed by atoms with Crippen LogP contribution < -0.4 is 4.74 Å². The summed E-state index contributed by atoms with van der Waals surface area (Å²) >= 11 is 0. The molecule has 1 aromatic carbocycles. The Labute approximate surface area is 87.0 Å². The minimum absolute atomic E-state index is 0.490. The van der Waals surface area contributed by atoms with Gasteiger partial charge in [-0.2, -0.15) is 0 Å². The average Bonchev–Trinajstić information content (AvgIpc) is 2.30. The molecule has 0 spiro atoms. The third-order valence-corrected chi connectivity index (χ3v) is 2.52. The second kappa shape index (κ2) is 3.07. The summed E-state index contributed by atoms with van der Waals surface area (Å²) in [4.78, 5) is 4.09. The first-order chi connectivity index (χ1) is 7.36. The van der Waals surface area contributed by atoms with Gasteiger partial charge in [-0.1, -0.05) is 18.2 Å². The second-order valence-electron chi connectivity index (χ2n) is 3.44. The molecule has 2 aromatic rings. The Morgan fingerprint density at radius 2 is 1.87 bits per heavy atom. The first-order valence-corrected chi connectivity index (χ1v) is 4.76. The number of hydrogen-bond acceptors (Lipinski definition) is 3. The van der Waals surface area contributed by atoms with Crippen LogP contribution in [0.25, 0.3) is 0 Å². The number of nitrogens with zero attached hydrogens (tertiary/aromatic N) is 1. The first kappa shape index (κ1) is 8.44. The van der Waals surface area contributed by atoms with Crippen molar-refractivity contribution in [2.24, 2.45) is 0 Å². The van der Waals surface area contributed by atoms with E-state index in [1.807, 2.05) is 30.3 Å². The highest BCUT2D eigenvalue weighted by molar-refractivity contribution is 5.48. The van der Waals surface area contributed by atoms with Crippen LogP contribution in [0.15, 0.2) is 42.6 Å². The van der Waals surface area contributed by atoms with Gasteiger partial charge in [0.25, 0.3) is 0 Å². The Morgan fingerprint density at radius 1 is 1.07 bits per heavy atom. The molecule has 3 rings (SSSR count). The summed E-state index contributed by atoms with van der Waals surface area (Å²) in [6, 6.07) is 11.1. The van der Waals surface area contributed by atoms with Gasteiger partial charge in [0.05, 0.1) is 0 Å². The van der Waals surface area contributed by atoms with E-state index in [1.54, 1.807) is 12.3 Å². The predicted octanol–water partition coefficient (Wildman–Crippen LogP) is 2.27. The zero-order valence-corrected chi connectivity index (χ0v) is 7.92. The number of ether oxygens (including phenoxy) is 1. The maximum Gasteiger partial charge on any atom is 0.225 e. The van der Waals surface area contributed by atoms with Crippen molar-refractivity contribution in [3.8, 4) is 11.6 Å². The van der Waals surface area contributed by atoms with Gasteiger partial charge in [-0.3, -0.25) is 0 Å². The maximum absolute atomic E-state index is 10.1. The molecule has 3 heteroatoms. The lowest BCUT2D eigenvalue weighted by molar-refractivity contribution is 0.201. The highest BCUT2D eigenvalue weighted by atomic mass is 16.5. The van der Waals surface area contributed by atoms with E-state index >= 15 is 0 Å². The molecule has 1 aliphatic rings. The van der Waals surface area contributed by atoms with Crippen molar-refractivity contribution in [3.63, 3.8) is 0 Å². The van der Waals surface area contributed by atoms with E-state index < -0.39 is 6.10 Å². The quantitative estimate of drug-likeness (QED) is 0.707. The molecule has 0 aliphatic carbocycles. The van der Waals surface area contributed by atoms with Gasteiger partial charge in [0.2, 0.25) is 5.88 Å². The summed E-state index contributed by atoms with van der Waals surface area (Å²) in [6.07, 6.45) is 1.01. The summed E-state index contributed by atoms with van der Waals surface area (Å²) in [6.45, 7) is 0. The first-order valence-electron chi connectivity index (χ1n) is 4.76. The third-order valence-electron chi connectivity index (χ3n) is 2.52. The van der Waals surface area contributed by atoms with Crippen LogP contribution in [0.3, 0.4) is 0 Å². The largest absolute Gasteiger partial charge is 0.438 e. The normalized spacial score (nSPS) is 17.5. The third kappa shape index (κ3) is 1.21. The second-order valence-corrected chi connectivity index (χ2v) is 3.44. The fourth-order valence-corrected chi connectivity index (χ4v) is 1.77. The van der Waals surface area contributed by atoms with Gasteiger partial charge in [0.1, 0.15) is 11.9 Å². The molecule has 0 bridgehead atoms. The van der Waals surface area contributed by atoms with Crippen LogP contribution in [0.4, 0.5) is 0 Å². The number of rotatable bonds is 0. The Kier molecular flexibility index (Phi) is 1.73. The molecule has 1 aliphatic heterocycles. The summed E-state index contributed by atoms with van der Waals surface area (Å²) in [5, 5.41) is 10.1. The van der Waals surface area contributed by atoms with Crippen molar-refractivity contribution >= 4 is 0 Å². The van der Waals surface area contributed by atoms with Gasteiger partial charge in [0, 0.05) is 17.3 Å². The van der Waals surface area contributed by atoms with E-state index in [0.29, 0.717) is 11.6 Å². The summed E-state index contributed by atoms with van der Waals surface area (Å²) in [7, 11) is 0. The maximum atomic E-state index is 10.1. The molecule has 74 valence electrons. The number of aliphatic hydroxyl groups excluding tert-OH is 1. The number of para-hydroxylation sites is 1. The molecular formula is C12H9NO2. The number of hydrogen-bond donors (Lipinski definition) is 1. The number of aliphatic hydroxyl groups is 1. The molecule has 15 heavy (non-hydrogen) atoms. The molecule has 0 saturated heterocycles. The minimum atomic E-state index is -0.640. The number of aromatic nitrogens is 1. The fourth-order valence-electron chi connectivity index (χ4n) is 1.77. The predicted molar refractivity (Wildman–Crippen MR) is 54.8 cm³/mol. The molecule has 0 radical (unpaired) electrons. The van der Waals surface area contributed by atoms with Crippen LogP contribution in [-0.4, -0.2) is 10.1 Å². The van der Waals surface area contributed by atoms with Crippen LogP contribution in [0.1, 0.15) is 17.2 Å². The molecule has 0 saturated carbocycles. The minimum Gasteiger partial charge on any atom is -0.438 e. The van der Waals surface area contributed by atoms with Crippen LogP contribution in [0, 0.1) is 0 Å². The van der Waals surface area contributed by atoms with E-state index in [9.17, 15) is 5.11 Å². The van der Waals surface area contributed by atoms with Crippen molar-refractivity contribution in [2.45, 2.75) is 6.10 Å². The van der Waals surface area contributed by atoms with Crippen molar-refractivity contribution in [2.75, 3.05) is 0 Å². The van der Waals surface area contributed by atoms with Gasteiger partial charge in [-0.05, 0) is 18.2 Å². The standard InChI is InChI=1S/C12H9NO2/c14-11-8-4-1-2-6-10(8)15-12-9(11)5-3-7-13-12/h1-7,11,14H/t11-/m0/s1. The van der Waals surface area contributed by atoms with Gasteiger partial charge in [-0.25, -0.2) is 4.98 Å². The molecular weight excluding hydrogens is 190 g/mol. The molecule has 2 heterocycles. The molecule has 1 atom stereocenters. The van der Waals surface area contributed by atoms with Crippen LogP contribution in [-0.2, 0) is 0 Å². The van der Waals surface area contributed by atoms with Crippen molar-refractivity contribution < 1.29 is 9.84 Å². The van der Waals surface area contributed by atoms with E-state index in [4.69, 9.17) is 4.74 Å². The average molecular weight is 199 g/mol. The summed E-state index contributed by atoms with van der Waals surface area (Å²) in [5.74, 6) is 1.17. The lowest BCUT2D eigenvalue weighted by Crippen LogP contribution is -2.10. The summed E-state index contributed by atoms with van der Waals surface area (Å²) < 4.78 is 5.58. The lowest BCUT2D eigenvalue weighted by atomic mass is 9.99. The van der Waals surface area contributed by atoms with Crippen molar-refractivity contribution in [1.82, 2.24) is 4.98 Å². The van der Waals surface area contributed by atoms with E-state index in [0.717, 1.165) is 11.1 Å². The molecule has 1 N–H and O–H groups in total. The van der Waals surface area contributed by atoms with E-state index in [1.165, 1.54) is 0 Å². The Bertz CT molecular complexity index is 465. The van der Waals surface area contributed by atoms with Crippen molar-refractivity contribution in [1.29, 1.82) is 0 Å². The zero-order chi connectivity index (χ0) is 10.3. The zero-order valence-electron chi connectivity index (χ0n) is 7.92. The van der Waals surface area contributed by atoms with Gasteiger partial charge in [0.15, 0.2) is 0 Å². The highest BCUT2D eigenvalue weighted by Gasteiger charge is 2.25. The van der Waals surface area contributed by atoms with Crippen LogP contribution >= 0.6 is 0 Å². The van der Waals surface area contributed by atoms with Gasteiger partial charge >= 0.3 is 0 Å². The lowest BCUT2D eigenvalue weighted by Gasteiger charge is -2.23.